The summed E-state index contributed by atoms with van der Waals surface area (Å²) in [6, 6.07) is 0. The van der Waals surface area contributed by atoms with Crippen LogP contribution in [0.3, 0.4) is 0 Å². The van der Waals surface area contributed by atoms with Gasteiger partial charge in [-0.15, -0.1) is 0 Å². The van der Waals surface area contributed by atoms with Crippen LogP contribution in [0.25, 0.3) is 0 Å². The van der Waals surface area contributed by atoms with Crippen LogP contribution in [0.2, 0.25) is 0 Å². The van der Waals surface area contributed by atoms with Gasteiger partial charge in [-0.3, -0.25) is 0 Å². The molecule has 0 heteroatoms. The van der Waals surface area contributed by atoms with E-state index in [0.717, 1.165) is 35.5 Å². The van der Waals surface area contributed by atoms with Gasteiger partial charge >= 0.3 is 0 Å². The summed E-state index contributed by atoms with van der Waals surface area (Å²) in [7, 11) is 0. The molecule has 0 spiro atoms. The standard InChI is InChI=1S/C16H32/c1-7-8-9-15(10-11(2)3)14(6)16-12(4)13(16)5/h11-16H,7-10H2,1-6H3. The zero-order valence-electron chi connectivity index (χ0n) is 12.3. The van der Waals surface area contributed by atoms with Gasteiger partial charge in [0.2, 0.25) is 0 Å². The molecule has 1 aliphatic rings. The Labute approximate surface area is 103 Å². The Bertz CT molecular complexity index is 186. The second-order valence-electron chi connectivity index (χ2n) is 6.69. The lowest BCUT2D eigenvalue weighted by Crippen LogP contribution is -2.17. The van der Waals surface area contributed by atoms with Crippen LogP contribution in [0.4, 0.5) is 0 Å². The van der Waals surface area contributed by atoms with Crippen molar-refractivity contribution in [3.8, 4) is 0 Å². The van der Waals surface area contributed by atoms with Crippen LogP contribution in [-0.2, 0) is 0 Å². The predicted molar refractivity (Wildman–Crippen MR) is 73.5 cm³/mol. The molecule has 0 aromatic rings. The predicted octanol–water partition coefficient (Wildman–Crippen LogP) is 5.38. The Kier molecular flexibility index (Phi) is 5.34. The van der Waals surface area contributed by atoms with Crippen LogP contribution in [0.1, 0.15) is 67.2 Å². The van der Waals surface area contributed by atoms with Gasteiger partial charge in [0.15, 0.2) is 0 Å². The van der Waals surface area contributed by atoms with Gasteiger partial charge in [0.25, 0.3) is 0 Å². The average Bonchev–Trinajstić information content (AvgIpc) is 2.80. The van der Waals surface area contributed by atoms with Crippen LogP contribution < -0.4 is 0 Å². The molecule has 0 amide bonds. The maximum Gasteiger partial charge on any atom is -0.0329 e. The maximum absolute atomic E-state index is 2.52. The Morgan fingerprint density at radius 1 is 1.00 bits per heavy atom. The second kappa shape index (κ2) is 6.07. The Morgan fingerprint density at radius 3 is 1.94 bits per heavy atom. The summed E-state index contributed by atoms with van der Waals surface area (Å²) in [5, 5.41) is 0. The van der Waals surface area contributed by atoms with Crippen LogP contribution in [0, 0.1) is 35.5 Å². The van der Waals surface area contributed by atoms with E-state index in [-0.39, 0.29) is 0 Å². The first kappa shape index (κ1) is 14.1. The smallest absolute Gasteiger partial charge is 0.0329 e. The van der Waals surface area contributed by atoms with E-state index < -0.39 is 0 Å². The van der Waals surface area contributed by atoms with E-state index in [0.29, 0.717) is 0 Å². The number of hydrogen-bond acceptors (Lipinski definition) is 0. The molecule has 0 nitrogen and oxygen atoms in total. The van der Waals surface area contributed by atoms with Crippen molar-refractivity contribution in [2.75, 3.05) is 0 Å². The van der Waals surface area contributed by atoms with Crippen LogP contribution in [-0.4, -0.2) is 0 Å². The van der Waals surface area contributed by atoms with E-state index in [1.54, 1.807) is 0 Å². The van der Waals surface area contributed by atoms with Crippen LogP contribution in [0.5, 0.6) is 0 Å². The summed E-state index contributed by atoms with van der Waals surface area (Å²) in [5.41, 5.74) is 0. The Morgan fingerprint density at radius 2 is 1.56 bits per heavy atom. The fourth-order valence-corrected chi connectivity index (χ4v) is 3.64. The highest BCUT2D eigenvalue weighted by molar-refractivity contribution is 4.95. The van der Waals surface area contributed by atoms with E-state index in [4.69, 9.17) is 0 Å². The van der Waals surface area contributed by atoms with E-state index in [9.17, 15) is 0 Å². The first-order valence-corrected chi connectivity index (χ1v) is 7.49. The molecule has 0 aromatic heterocycles. The van der Waals surface area contributed by atoms with Crippen molar-refractivity contribution in [1.29, 1.82) is 0 Å². The number of hydrogen-bond donors (Lipinski definition) is 0. The van der Waals surface area contributed by atoms with Gasteiger partial charge in [0, 0.05) is 0 Å². The molecule has 4 atom stereocenters. The minimum Gasteiger partial charge on any atom is -0.0654 e. The minimum atomic E-state index is 0.869. The average molecular weight is 224 g/mol. The lowest BCUT2D eigenvalue weighted by Gasteiger charge is -2.26. The summed E-state index contributed by atoms with van der Waals surface area (Å²) in [5.74, 6) is 5.82. The molecule has 96 valence electrons. The van der Waals surface area contributed by atoms with Crippen molar-refractivity contribution in [3.63, 3.8) is 0 Å². The van der Waals surface area contributed by atoms with Gasteiger partial charge in [-0.05, 0) is 41.9 Å². The first-order valence-electron chi connectivity index (χ1n) is 7.49. The molecule has 0 aromatic carbocycles. The van der Waals surface area contributed by atoms with E-state index in [2.05, 4.69) is 41.5 Å². The fourth-order valence-electron chi connectivity index (χ4n) is 3.64. The van der Waals surface area contributed by atoms with Crippen LogP contribution in [0.15, 0.2) is 0 Å². The molecule has 0 aliphatic heterocycles. The molecule has 16 heavy (non-hydrogen) atoms. The zero-order valence-corrected chi connectivity index (χ0v) is 12.3. The molecule has 0 radical (unpaired) electrons. The van der Waals surface area contributed by atoms with E-state index >= 15 is 0 Å². The SMILES string of the molecule is CCCCC(CC(C)C)C(C)C1C(C)C1C. The molecule has 1 rings (SSSR count). The minimum absolute atomic E-state index is 0.869. The van der Waals surface area contributed by atoms with Crippen molar-refractivity contribution in [1.82, 2.24) is 0 Å². The second-order valence-corrected chi connectivity index (χ2v) is 6.69. The summed E-state index contributed by atoms with van der Waals surface area (Å²) in [6.07, 6.45) is 5.69. The molecule has 1 aliphatic carbocycles. The molecule has 0 heterocycles. The molecular weight excluding hydrogens is 192 g/mol. The summed E-state index contributed by atoms with van der Waals surface area (Å²) < 4.78 is 0. The summed E-state index contributed by atoms with van der Waals surface area (Å²) in [6.45, 7) is 14.5. The third-order valence-electron chi connectivity index (χ3n) is 4.96. The molecule has 4 unspecified atom stereocenters. The van der Waals surface area contributed by atoms with E-state index in [1.807, 2.05) is 0 Å². The van der Waals surface area contributed by atoms with Crippen molar-refractivity contribution in [2.45, 2.75) is 67.2 Å². The third-order valence-corrected chi connectivity index (χ3v) is 4.96. The van der Waals surface area contributed by atoms with Crippen LogP contribution >= 0.6 is 0 Å². The largest absolute Gasteiger partial charge is 0.0654 e. The van der Waals surface area contributed by atoms with Crippen molar-refractivity contribution >= 4 is 0 Å². The van der Waals surface area contributed by atoms with Gasteiger partial charge in [-0.2, -0.15) is 0 Å². The van der Waals surface area contributed by atoms with Gasteiger partial charge in [0.05, 0.1) is 0 Å². The number of rotatable bonds is 7. The summed E-state index contributed by atoms with van der Waals surface area (Å²) in [4.78, 5) is 0. The molecule has 0 bridgehead atoms. The van der Waals surface area contributed by atoms with E-state index in [1.165, 1.54) is 25.7 Å². The normalized spacial score (nSPS) is 32.8. The maximum atomic E-state index is 2.52. The molecular formula is C16H32. The Balaban J connectivity index is 2.47. The lowest BCUT2D eigenvalue weighted by molar-refractivity contribution is 0.240. The first-order chi connectivity index (χ1) is 7.49. The highest BCUT2D eigenvalue weighted by Crippen LogP contribution is 2.53. The summed E-state index contributed by atoms with van der Waals surface area (Å²) >= 11 is 0. The lowest BCUT2D eigenvalue weighted by atomic mass is 9.79. The van der Waals surface area contributed by atoms with Crippen molar-refractivity contribution in [2.24, 2.45) is 35.5 Å². The third kappa shape index (κ3) is 3.50. The highest BCUT2D eigenvalue weighted by Gasteiger charge is 2.47. The van der Waals surface area contributed by atoms with Crippen molar-refractivity contribution < 1.29 is 0 Å². The van der Waals surface area contributed by atoms with Gasteiger partial charge in [-0.1, -0.05) is 60.8 Å². The molecule has 1 saturated carbocycles. The van der Waals surface area contributed by atoms with Gasteiger partial charge in [0.1, 0.15) is 0 Å². The molecule has 0 N–H and O–H groups in total. The quantitative estimate of drug-likeness (QED) is 0.545. The monoisotopic (exact) mass is 224 g/mol. The zero-order chi connectivity index (χ0) is 12.3. The highest BCUT2D eigenvalue weighted by atomic mass is 14.5. The van der Waals surface area contributed by atoms with Gasteiger partial charge in [-0.25, -0.2) is 0 Å². The topological polar surface area (TPSA) is 0 Å². The number of unbranched alkanes of at least 4 members (excludes halogenated alkanes) is 1. The Hall–Kier alpha value is 0. The molecule has 1 fully saturated rings. The fraction of sp³-hybridized carbons (Fsp3) is 1.00. The van der Waals surface area contributed by atoms with Gasteiger partial charge < -0.3 is 0 Å². The van der Waals surface area contributed by atoms with Crippen molar-refractivity contribution in [3.05, 3.63) is 0 Å². The molecule has 0 saturated heterocycles.